The van der Waals surface area contributed by atoms with E-state index in [9.17, 15) is 5.21 Å². The zero-order chi connectivity index (χ0) is 10.3. The Morgan fingerprint density at radius 1 is 1.43 bits per heavy atom. The maximum atomic E-state index is 9.25. The van der Waals surface area contributed by atoms with Crippen molar-refractivity contribution in [2.24, 2.45) is 0 Å². The van der Waals surface area contributed by atoms with Crippen LogP contribution < -0.4 is 0 Å². The van der Waals surface area contributed by atoms with Gasteiger partial charge in [-0.05, 0) is 28.8 Å². The number of fused-ring (bicyclic) bond motifs is 1. The third-order valence-corrected chi connectivity index (χ3v) is 2.50. The Balaban J connectivity index is 2.72. The average molecular weight is 212 g/mol. The van der Waals surface area contributed by atoms with Crippen LogP contribution in [0.15, 0.2) is 12.1 Å². The summed E-state index contributed by atoms with van der Waals surface area (Å²) in [5.74, 6) is 0.329. The molecule has 0 radical (unpaired) electrons. The molecule has 0 amide bonds. The molecule has 0 aliphatic heterocycles. The maximum absolute atomic E-state index is 9.25. The van der Waals surface area contributed by atoms with Gasteiger partial charge in [-0.3, -0.25) is 0 Å². The number of benzene rings is 1. The van der Waals surface area contributed by atoms with Gasteiger partial charge in [0.25, 0.3) is 0 Å². The van der Waals surface area contributed by atoms with Crippen molar-refractivity contribution in [3.63, 3.8) is 0 Å². The van der Waals surface area contributed by atoms with Crippen LogP contribution in [0.2, 0.25) is 5.02 Å². The number of halogens is 1. The quantitative estimate of drug-likeness (QED) is 0.738. The van der Waals surface area contributed by atoms with Gasteiger partial charge in [-0.25, -0.2) is 0 Å². The van der Waals surface area contributed by atoms with Crippen molar-refractivity contribution in [1.29, 1.82) is 0 Å². The third kappa shape index (κ3) is 1.32. The lowest BCUT2D eigenvalue weighted by atomic mass is 10.0. The Morgan fingerprint density at radius 3 is 2.79 bits per heavy atom. The van der Waals surface area contributed by atoms with Crippen molar-refractivity contribution < 1.29 is 5.21 Å². The van der Waals surface area contributed by atoms with Gasteiger partial charge in [-0.1, -0.05) is 30.3 Å². The number of hydrogen-bond acceptors (Lipinski definition) is 3. The Bertz CT molecular complexity index is 478. The van der Waals surface area contributed by atoms with Crippen LogP contribution in [0.25, 0.3) is 11.0 Å². The predicted octanol–water partition coefficient (Wildman–Crippen LogP) is 2.45. The molecule has 0 bridgehead atoms. The molecule has 1 N–H and O–H groups in total. The molecule has 0 fully saturated rings. The molecular formula is C9H10ClN3O. The Morgan fingerprint density at radius 2 is 2.14 bits per heavy atom. The van der Waals surface area contributed by atoms with Gasteiger partial charge in [-0.15, -0.1) is 5.10 Å². The van der Waals surface area contributed by atoms with Gasteiger partial charge < -0.3 is 5.21 Å². The van der Waals surface area contributed by atoms with Crippen molar-refractivity contribution in [2.45, 2.75) is 19.8 Å². The first kappa shape index (κ1) is 9.27. The Hall–Kier alpha value is -1.29. The van der Waals surface area contributed by atoms with Crippen molar-refractivity contribution in [3.8, 4) is 0 Å². The second-order valence-corrected chi connectivity index (χ2v) is 3.90. The van der Waals surface area contributed by atoms with E-state index in [1.807, 2.05) is 6.07 Å². The maximum Gasteiger partial charge on any atom is 0.132 e. The Labute approximate surface area is 86.1 Å². The van der Waals surface area contributed by atoms with Crippen LogP contribution in [0, 0.1) is 0 Å². The minimum atomic E-state index is 0.329. The molecule has 1 aromatic heterocycles. The fraction of sp³-hybridized carbons (Fsp3) is 0.333. The molecule has 74 valence electrons. The van der Waals surface area contributed by atoms with Gasteiger partial charge >= 0.3 is 0 Å². The summed E-state index contributed by atoms with van der Waals surface area (Å²) in [5, 5.41) is 17.2. The number of rotatable bonds is 1. The molecule has 0 saturated heterocycles. The molecule has 0 unspecified atom stereocenters. The molecule has 1 aromatic carbocycles. The van der Waals surface area contributed by atoms with Crippen molar-refractivity contribution in [3.05, 3.63) is 22.7 Å². The molecule has 0 saturated carbocycles. The number of hydrogen-bond donors (Lipinski definition) is 1. The lowest BCUT2D eigenvalue weighted by Gasteiger charge is -2.06. The van der Waals surface area contributed by atoms with Gasteiger partial charge in [0.15, 0.2) is 0 Å². The van der Waals surface area contributed by atoms with Crippen molar-refractivity contribution >= 4 is 22.6 Å². The molecule has 2 aromatic rings. The molecular weight excluding hydrogens is 202 g/mol. The van der Waals surface area contributed by atoms with Crippen LogP contribution in [-0.2, 0) is 0 Å². The molecule has 0 atom stereocenters. The Kier molecular flexibility index (Phi) is 2.07. The van der Waals surface area contributed by atoms with Crippen LogP contribution in [-0.4, -0.2) is 20.4 Å². The molecule has 14 heavy (non-hydrogen) atoms. The van der Waals surface area contributed by atoms with Crippen molar-refractivity contribution in [1.82, 2.24) is 15.2 Å². The van der Waals surface area contributed by atoms with E-state index in [-0.39, 0.29) is 0 Å². The summed E-state index contributed by atoms with van der Waals surface area (Å²) in [5.41, 5.74) is 2.19. The summed E-state index contributed by atoms with van der Waals surface area (Å²) in [7, 11) is 0. The minimum absolute atomic E-state index is 0.329. The highest BCUT2D eigenvalue weighted by molar-refractivity contribution is 6.32. The summed E-state index contributed by atoms with van der Waals surface area (Å²) in [6.07, 6.45) is 0. The molecule has 2 rings (SSSR count). The second kappa shape index (κ2) is 3.13. The smallest absolute Gasteiger partial charge is 0.132 e. The van der Waals surface area contributed by atoms with E-state index in [1.165, 1.54) is 0 Å². The highest BCUT2D eigenvalue weighted by atomic mass is 35.5. The average Bonchev–Trinajstić information content (AvgIpc) is 2.46. The van der Waals surface area contributed by atoms with Crippen LogP contribution in [0.1, 0.15) is 25.3 Å². The number of aromatic nitrogens is 3. The van der Waals surface area contributed by atoms with E-state index in [0.29, 0.717) is 22.0 Å². The summed E-state index contributed by atoms with van der Waals surface area (Å²) in [6.45, 7) is 4.10. The number of nitrogens with zero attached hydrogens (tertiary/aromatic N) is 3. The minimum Gasteiger partial charge on any atom is -0.410 e. The van der Waals surface area contributed by atoms with E-state index >= 15 is 0 Å². The summed E-state index contributed by atoms with van der Waals surface area (Å²) in [6, 6.07) is 3.52. The van der Waals surface area contributed by atoms with E-state index in [1.54, 1.807) is 6.07 Å². The van der Waals surface area contributed by atoms with Gasteiger partial charge in [0.1, 0.15) is 11.0 Å². The molecule has 0 aliphatic rings. The van der Waals surface area contributed by atoms with Gasteiger partial charge in [-0.2, -0.15) is 0 Å². The fourth-order valence-electron chi connectivity index (χ4n) is 1.39. The van der Waals surface area contributed by atoms with Crippen molar-refractivity contribution in [2.75, 3.05) is 0 Å². The first-order chi connectivity index (χ1) is 6.59. The normalized spacial score (nSPS) is 11.4. The zero-order valence-corrected chi connectivity index (χ0v) is 8.65. The standard InChI is InChI=1S/C9H10ClN3O/c1-5(2)6-3-8-9(4-7(6)10)13(14)12-11-8/h3-5,14H,1-2H3. The fourth-order valence-corrected chi connectivity index (χ4v) is 1.77. The van der Waals surface area contributed by atoms with Gasteiger partial charge in [0.05, 0.1) is 0 Å². The lowest BCUT2D eigenvalue weighted by Crippen LogP contribution is -1.93. The first-order valence-electron chi connectivity index (χ1n) is 4.33. The highest BCUT2D eigenvalue weighted by Crippen LogP contribution is 2.27. The van der Waals surface area contributed by atoms with Crippen LogP contribution in [0.5, 0.6) is 0 Å². The summed E-state index contributed by atoms with van der Waals surface area (Å²) < 4.78 is 0. The lowest BCUT2D eigenvalue weighted by molar-refractivity contribution is 0.155. The van der Waals surface area contributed by atoms with Crippen LogP contribution in [0.4, 0.5) is 0 Å². The molecule has 4 nitrogen and oxygen atoms in total. The van der Waals surface area contributed by atoms with Gasteiger partial charge in [0, 0.05) is 5.02 Å². The van der Waals surface area contributed by atoms with E-state index in [0.717, 1.165) is 10.4 Å². The molecule has 0 aliphatic carbocycles. The topological polar surface area (TPSA) is 50.9 Å². The molecule has 5 heteroatoms. The largest absolute Gasteiger partial charge is 0.410 e. The van der Waals surface area contributed by atoms with Crippen LogP contribution in [0.3, 0.4) is 0 Å². The molecule has 0 spiro atoms. The first-order valence-corrected chi connectivity index (χ1v) is 4.71. The van der Waals surface area contributed by atoms with Crippen LogP contribution >= 0.6 is 11.6 Å². The predicted molar refractivity (Wildman–Crippen MR) is 53.8 cm³/mol. The SMILES string of the molecule is CC(C)c1cc2nnn(O)c2cc1Cl. The monoisotopic (exact) mass is 211 g/mol. The van der Waals surface area contributed by atoms with E-state index in [4.69, 9.17) is 11.6 Å². The third-order valence-electron chi connectivity index (χ3n) is 2.17. The zero-order valence-electron chi connectivity index (χ0n) is 7.90. The van der Waals surface area contributed by atoms with Gasteiger partial charge in [0.2, 0.25) is 0 Å². The second-order valence-electron chi connectivity index (χ2n) is 3.50. The van der Waals surface area contributed by atoms with E-state index < -0.39 is 0 Å². The highest BCUT2D eigenvalue weighted by Gasteiger charge is 2.10. The molecule has 1 heterocycles. The summed E-state index contributed by atoms with van der Waals surface area (Å²) >= 11 is 6.05. The van der Waals surface area contributed by atoms with E-state index in [2.05, 4.69) is 24.2 Å². The summed E-state index contributed by atoms with van der Waals surface area (Å²) in [4.78, 5) is 0.728.